The average molecular weight is 350 g/mol. The van der Waals surface area contributed by atoms with Crippen LogP contribution in [0.2, 0.25) is 0 Å². The highest BCUT2D eigenvalue weighted by molar-refractivity contribution is 5.99. The first kappa shape index (κ1) is 21.6. The van der Waals surface area contributed by atoms with E-state index in [1.807, 2.05) is 12.2 Å². The van der Waals surface area contributed by atoms with E-state index in [-0.39, 0.29) is 11.8 Å². The van der Waals surface area contributed by atoms with Crippen LogP contribution in [-0.4, -0.2) is 30.1 Å². The molecule has 0 aliphatic heterocycles. The van der Waals surface area contributed by atoms with Crippen molar-refractivity contribution in [3.8, 4) is 0 Å². The summed E-state index contributed by atoms with van der Waals surface area (Å²) in [5.41, 5.74) is 2.05. The highest BCUT2D eigenvalue weighted by Crippen LogP contribution is 2.28. The van der Waals surface area contributed by atoms with Crippen LogP contribution in [0.3, 0.4) is 0 Å². The van der Waals surface area contributed by atoms with Crippen LogP contribution >= 0.6 is 0 Å². The molecule has 0 spiro atoms. The Morgan fingerprint density at radius 1 is 1.16 bits per heavy atom. The van der Waals surface area contributed by atoms with Crippen molar-refractivity contribution in [2.24, 2.45) is 0 Å². The number of rotatable bonds is 13. The number of unbranched alkanes of at least 4 members (excludes halogenated alkanes) is 5. The second kappa shape index (κ2) is 12.9. The standard InChI is InChI=1S/C21H34O4/c1-3-4-7-10-18(22)15-13-17-14-16-20(23)19(17)11-8-5-6-9-12-21(24)25-2/h13,15,18,22H,3-12,14,16H2,1-2H3/b15-13+/t18-/m1/s1. The maximum atomic E-state index is 12.1. The van der Waals surface area contributed by atoms with Crippen LogP contribution in [0.1, 0.15) is 84.0 Å². The Balaban J connectivity index is 2.36. The normalized spacial score (nSPS) is 16.0. The van der Waals surface area contributed by atoms with Gasteiger partial charge in [-0.2, -0.15) is 0 Å². The van der Waals surface area contributed by atoms with Crippen molar-refractivity contribution < 1.29 is 19.4 Å². The number of hydrogen-bond acceptors (Lipinski definition) is 4. The Hall–Kier alpha value is -1.42. The Bertz CT molecular complexity index is 476. The van der Waals surface area contributed by atoms with Gasteiger partial charge in [0.15, 0.2) is 5.78 Å². The van der Waals surface area contributed by atoms with Crippen LogP contribution in [0, 0.1) is 0 Å². The lowest BCUT2D eigenvalue weighted by Crippen LogP contribution is -2.02. The molecule has 0 unspecified atom stereocenters. The number of aliphatic hydroxyl groups is 1. The van der Waals surface area contributed by atoms with Gasteiger partial charge in [0.05, 0.1) is 13.2 Å². The van der Waals surface area contributed by atoms with E-state index < -0.39 is 6.10 Å². The summed E-state index contributed by atoms with van der Waals surface area (Å²) in [4.78, 5) is 23.1. The molecule has 0 saturated heterocycles. The third-order valence-electron chi connectivity index (χ3n) is 4.75. The molecule has 0 fully saturated rings. The summed E-state index contributed by atoms with van der Waals surface area (Å²) in [5, 5.41) is 9.99. The smallest absolute Gasteiger partial charge is 0.305 e. The molecule has 1 N–H and O–H groups in total. The molecule has 1 atom stereocenters. The third kappa shape index (κ3) is 9.01. The number of hydrogen-bond donors (Lipinski definition) is 1. The van der Waals surface area contributed by atoms with Crippen molar-refractivity contribution in [2.75, 3.05) is 7.11 Å². The van der Waals surface area contributed by atoms with E-state index in [0.29, 0.717) is 12.8 Å². The highest BCUT2D eigenvalue weighted by atomic mass is 16.5. The lowest BCUT2D eigenvalue weighted by atomic mass is 10.0. The summed E-state index contributed by atoms with van der Waals surface area (Å²) in [6, 6.07) is 0. The van der Waals surface area contributed by atoms with E-state index in [1.165, 1.54) is 7.11 Å². The number of Topliss-reactive ketones (excluding diaryl/α,β-unsaturated/α-hetero) is 1. The van der Waals surface area contributed by atoms with Gasteiger partial charge in [0.1, 0.15) is 0 Å². The maximum absolute atomic E-state index is 12.1. The zero-order chi connectivity index (χ0) is 18.5. The molecule has 4 nitrogen and oxygen atoms in total. The Morgan fingerprint density at radius 3 is 2.64 bits per heavy atom. The topological polar surface area (TPSA) is 63.6 Å². The fourth-order valence-corrected chi connectivity index (χ4v) is 3.17. The largest absolute Gasteiger partial charge is 0.469 e. The van der Waals surface area contributed by atoms with Crippen molar-refractivity contribution in [1.82, 2.24) is 0 Å². The predicted octanol–water partition coefficient (Wildman–Crippen LogP) is 4.66. The minimum atomic E-state index is -0.408. The molecule has 1 aliphatic carbocycles. The number of ketones is 1. The number of esters is 1. The third-order valence-corrected chi connectivity index (χ3v) is 4.75. The van der Waals surface area contributed by atoms with Gasteiger partial charge in [0.25, 0.3) is 0 Å². The van der Waals surface area contributed by atoms with Crippen molar-refractivity contribution in [3.63, 3.8) is 0 Å². The Labute approximate surface area is 152 Å². The van der Waals surface area contributed by atoms with E-state index >= 15 is 0 Å². The van der Waals surface area contributed by atoms with Crippen LogP contribution in [0.25, 0.3) is 0 Å². The second-order valence-electron chi connectivity index (χ2n) is 6.84. The lowest BCUT2D eigenvalue weighted by molar-refractivity contribution is -0.140. The predicted molar refractivity (Wildman–Crippen MR) is 100 cm³/mol. The number of carbonyl (C=O) groups excluding carboxylic acids is 2. The van der Waals surface area contributed by atoms with Crippen molar-refractivity contribution >= 4 is 11.8 Å². The Morgan fingerprint density at radius 2 is 1.92 bits per heavy atom. The Kier molecular flexibility index (Phi) is 11.1. The first-order chi connectivity index (χ1) is 12.1. The molecule has 0 heterocycles. The minimum Gasteiger partial charge on any atom is -0.469 e. The van der Waals surface area contributed by atoms with E-state index in [9.17, 15) is 14.7 Å². The molecule has 0 saturated carbocycles. The number of ether oxygens (including phenoxy) is 1. The lowest BCUT2D eigenvalue weighted by Gasteiger charge is -2.06. The van der Waals surface area contributed by atoms with Gasteiger partial charge < -0.3 is 9.84 Å². The molecule has 1 rings (SSSR count). The van der Waals surface area contributed by atoms with Crippen LogP contribution in [0.4, 0.5) is 0 Å². The van der Waals surface area contributed by atoms with Gasteiger partial charge in [0, 0.05) is 12.8 Å². The molecule has 0 radical (unpaired) electrons. The summed E-state index contributed by atoms with van der Waals surface area (Å²) in [6.07, 6.45) is 14.0. The second-order valence-corrected chi connectivity index (χ2v) is 6.84. The molecule has 4 heteroatoms. The van der Waals surface area contributed by atoms with Crippen LogP contribution in [-0.2, 0) is 14.3 Å². The fraction of sp³-hybridized carbons (Fsp3) is 0.714. The number of allylic oxidation sites excluding steroid dienone is 3. The van der Waals surface area contributed by atoms with E-state index in [2.05, 4.69) is 11.7 Å². The van der Waals surface area contributed by atoms with Crippen LogP contribution in [0.5, 0.6) is 0 Å². The zero-order valence-corrected chi connectivity index (χ0v) is 15.9. The molecular weight excluding hydrogens is 316 g/mol. The molecule has 0 aromatic heterocycles. The van der Waals surface area contributed by atoms with Gasteiger partial charge in [-0.1, -0.05) is 51.2 Å². The van der Waals surface area contributed by atoms with Gasteiger partial charge in [-0.05, 0) is 43.3 Å². The molecule has 0 bridgehead atoms. The van der Waals surface area contributed by atoms with E-state index in [4.69, 9.17) is 0 Å². The van der Waals surface area contributed by atoms with Crippen molar-refractivity contribution in [3.05, 3.63) is 23.3 Å². The summed E-state index contributed by atoms with van der Waals surface area (Å²) in [7, 11) is 1.41. The molecule has 25 heavy (non-hydrogen) atoms. The monoisotopic (exact) mass is 350 g/mol. The number of aliphatic hydroxyl groups excluding tert-OH is 1. The first-order valence-electron chi connectivity index (χ1n) is 9.76. The van der Waals surface area contributed by atoms with Crippen molar-refractivity contribution in [1.29, 1.82) is 0 Å². The summed E-state index contributed by atoms with van der Waals surface area (Å²) >= 11 is 0. The minimum absolute atomic E-state index is 0.154. The van der Waals surface area contributed by atoms with E-state index in [1.54, 1.807) is 0 Å². The number of carbonyl (C=O) groups is 2. The van der Waals surface area contributed by atoms with Crippen LogP contribution < -0.4 is 0 Å². The molecule has 0 aromatic carbocycles. The SMILES string of the molecule is CCCCC[C@@H](O)/C=C/C1=C(CCCCCCC(=O)OC)C(=O)CC1. The molecule has 1 aliphatic rings. The maximum Gasteiger partial charge on any atom is 0.305 e. The first-order valence-corrected chi connectivity index (χ1v) is 9.76. The number of methoxy groups -OCH3 is 1. The van der Waals surface area contributed by atoms with Crippen molar-refractivity contribution in [2.45, 2.75) is 90.1 Å². The summed E-state index contributed by atoms with van der Waals surface area (Å²) in [5.74, 6) is 0.105. The highest BCUT2D eigenvalue weighted by Gasteiger charge is 2.20. The fourth-order valence-electron chi connectivity index (χ4n) is 3.17. The van der Waals surface area contributed by atoms with Gasteiger partial charge in [-0.3, -0.25) is 9.59 Å². The quantitative estimate of drug-likeness (QED) is 0.388. The van der Waals surface area contributed by atoms with Crippen LogP contribution in [0.15, 0.2) is 23.3 Å². The van der Waals surface area contributed by atoms with Gasteiger partial charge in [-0.25, -0.2) is 0 Å². The molecular formula is C21H34O4. The van der Waals surface area contributed by atoms with E-state index in [0.717, 1.165) is 75.4 Å². The molecule has 142 valence electrons. The zero-order valence-electron chi connectivity index (χ0n) is 15.9. The molecule has 0 aromatic rings. The average Bonchev–Trinajstić information content (AvgIpc) is 2.96. The van der Waals surface area contributed by atoms with Gasteiger partial charge >= 0.3 is 5.97 Å². The van der Waals surface area contributed by atoms with Gasteiger partial charge in [0.2, 0.25) is 0 Å². The molecule has 0 amide bonds. The van der Waals surface area contributed by atoms with Gasteiger partial charge in [-0.15, -0.1) is 0 Å². The summed E-state index contributed by atoms with van der Waals surface area (Å²) < 4.78 is 4.62. The summed E-state index contributed by atoms with van der Waals surface area (Å²) in [6.45, 7) is 2.15.